The van der Waals surface area contributed by atoms with Crippen LogP contribution in [0.3, 0.4) is 0 Å². The van der Waals surface area contributed by atoms with Gasteiger partial charge in [0.1, 0.15) is 6.10 Å². The third kappa shape index (κ3) is 36.5. The summed E-state index contributed by atoms with van der Waals surface area (Å²) in [6, 6.07) is 0. The van der Waals surface area contributed by atoms with Crippen LogP contribution in [0.15, 0.2) is 36.5 Å². The predicted octanol–water partition coefficient (Wildman–Crippen LogP) is 13.4. The second kappa shape index (κ2) is 36.6. The number of unbranched alkanes of at least 4 members (excludes halogenated alkanes) is 22. The molecule has 0 aliphatic rings. The van der Waals surface area contributed by atoms with Crippen LogP contribution in [0.5, 0.6) is 0 Å². The summed E-state index contributed by atoms with van der Waals surface area (Å²) < 4.78 is 5.84. The van der Waals surface area contributed by atoms with Crippen molar-refractivity contribution in [1.82, 2.24) is 0 Å². The molecule has 1 N–H and O–H groups in total. The highest BCUT2D eigenvalue weighted by Gasteiger charge is 2.11. The Morgan fingerprint density at radius 3 is 1.38 bits per heavy atom. The highest BCUT2D eigenvalue weighted by Crippen LogP contribution is 2.16. The molecule has 262 valence electrons. The van der Waals surface area contributed by atoms with Gasteiger partial charge in [-0.15, -0.1) is 0 Å². The molecule has 45 heavy (non-hydrogen) atoms. The summed E-state index contributed by atoms with van der Waals surface area (Å²) in [5.41, 5.74) is 0. The highest BCUT2D eigenvalue weighted by molar-refractivity contribution is 5.69. The Balaban J connectivity index is 3.86. The number of ether oxygens (including phenoxy) is 1. The Morgan fingerprint density at radius 2 is 0.911 bits per heavy atom. The molecule has 1 unspecified atom stereocenters. The molecule has 0 bridgehead atoms. The third-order valence-corrected chi connectivity index (χ3v) is 8.61. The molecule has 0 aromatic heterocycles. The van der Waals surface area contributed by atoms with Gasteiger partial charge in [-0.1, -0.05) is 179 Å². The van der Waals surface area contributed by atoms with E-state index in [1.807, 2.05) is 6.08 Å². The number of carboxylic acids is 1. The highest BCUT2D eigenvalue weighted by atomic mass is 16.5. The van der Waals surface area contributed by atoms with Crippen LogP contribution in [0, 0.1) is 0 Å². The van der Waals surface area contributed by atoms with Crippen molar-refractivity contribution in [3.8, 4) is 0 Å². The second-order valence-corrected chi connectivity index (χ2v) is 13.1. The summed E-state index contributed by atoms with van der Waals surface area (Å²) in [6.45, 7) is 4.43. The van der Waals surface area contributed by atoms with Gasteiger partial charge in [0.15, 0.2) is 0 Å². The zero-order valence-electron chi connectivity index (χ0n) is 29.9. The van der Waals surface area contributed by atoms with Gasteiger partial charge in [0.05, 0.1) is 0 Å². The van der Waals surface area contributed by atoms with Gasteiger partial charge < -0.3 is 9.84 Å². The first-order valence-corrected chi connectivity index (χ1v) is 19.5. The molecule has 0 aliphatic carbocycles. The minimum atomic E-state index is -0.729. The summed E-state index contributed by atoms with van der Waals surface area (Å²) in [4.78, 5) is 23.3. The van der Waals surface area contributed by atoms with Crippen LogP contribution in [0.25, 0.3) is 0 Å². The number of rotatable bonds is 35. The number of allylic oxidation sites excluding steroid dienone is 5. The normalized spacial score (nSPS) is 12.6. The molecule has 0 aliphatic heterocycles. The topological polar surface area (TPSA) is 63.6 Å². The van der Waals surface area contributed by atoms with E-state index in [0.717, 1.165) is 57.8 Å². The van der Waals surface area contributed by atoms with Gasteiger partial charge in [-0.3, -0.25) is 9.59 Å². The number of carboxylic acid groups (broad SMARTS) is 1. The van der Waals surface area contributed by atoms with E-state index in [9.17, 15) is 9.59 Å². The Morgan fingerprint density at radius 1 is 0.511 bits per heavy atom. The first-order chi connectivity index (χ1) is 22.1. The van der Waals surface area contributed by atoms with Gasteiger partial charge in [0.2, 0.25) is 0 Å². The molecular formula is C41H74O4. The molecule has 0 rings (SSSR count). The fourth-order valence-corrected chi connectivity index (χ4v) is 5.76. The molecule has 0 fully saturated rings. The van der Waals surface area contributed by atoms with Gasteiger partial charge in [0, 0.05) is 12.8 Å². The van der Waals surface area contributed by atoms with Crippen molar-refractivity contribution in [3.63, 3.8) is 0 Å². The summed E-state index contributed by atoms with van der Waals surface area (Å²) >= 11 is 0. The molecule has 1 atom stereocenters. The summed E-state index contributed by atoms with van der Waals surface area (Å²) in [5, 5.41) is 8.81. The Labute approximate surface area is 279 Å². The molecule has 0 amide bonds. The third-order valence-electron chi connectivity index (χ3n) is 8.61. The van der Waals surface area contributed by atoms with E-state index in [-0.39, 0.29) is 18.5 Å². The monoisotopic (exact) mass is 631 g/mol. The standard InChI is InChI=1S/C41H74O4/c1-3-5-7-9-11-13-14-15-16-17-18-19-20-21-22-23-24-26-28-34-38-41(44)45-39(36-32-29-30-33-37-40(42)43)35-31-27-25-12-10-8-6-4-2/h6,8,12,25,31,35,39H,3-5,7,9-11,13-24,26-30,32-34,36-38H2,1-2H3,(H,42,43)/b8-6-,25-12-,35-31-. The SMILES string of the molecule is CC/C=C\C/C=C\C/C=C\C(CCCCCCC(=O)O)OC(=O)CCCCCCCCCCCCCCCCCCCCCC. The summed E-state index contributed by atoms with van der Waals surface area (Å²) in [6.07, 6.45) is 47.6. The number of esters is 1. The van der Waals surface area contributed by atoms with Gasteiger partial charge in [0.25, 0.3) is 0 Å². The van der Waals surface area contributed by atoms with E-state index in [1.165, 1.54) is 116 Å². The zero-order valence-corrected chi connectivity index (χ0v) is 29.9. The van der Waals surface area contributed by atoms with Crippen LogP contribution in [0.1, 0.15) is 206 Å². The second-order valence-electron chi connectivity index (χ2n) is 13.1. The molecule has 0 aromatic rings. The van der Waals surface area contributed by atoms with E-state index in [1.54, 1.807) is 0 Å². The number of carbonyl (C=O) groups is 2. The smallest absolute Gasteiger partial charge is 0.306 e. The van der Waals surface area contributed by atoms with Gasteiger partial charge in [-0.25, -0.2) is 0 Å². The maximum Gasteiger partial charge on any atom is 0.306 e. The average molecular weight is 631 g/mol. The van der Waals surface area contributed by atoms with E-state index in [2.05, 4.69) is 44.2 Å². The fraction of sp³-hybridized carbons (Fsp3) is 0.805. The predicted molar refractivity (Wildman–Crippen MR) is 195 cm³/mol. The van der Waals surface area contributed by atoms with Crippen molar-refractivity contribution in [1.29, 1.82) is 0 Å². The minimum Gasteiger partial charge on any atom is -0.481 e. The van der Waals surface area contributed by atoms with E-state index in [0.29, 0.717) is 12.8 Å². The lowest BCUT2D eigenvalue weighted by atomic mass is 10.0. The zero-order chi connectivity index (χ0) is 32.9. The molecule has 0 aromatic carbocycles. The van der Waals surface area contributed by atoms with Crippen LogP contribution in [0.4, 0.5) is 0 Å². The van der Waals surface area contributed by atoms with Crippen LogP contribution >= 0.6 is 0 Å². The van der Waals surface area contributed by atoms with Crippen LogP contribution in [0.2, 0.25) is 0 Å². The number of carbonyl (C=O) groups excluding carboxylic acids is 1. The lowest BCUT2D eigenvalue weighted by molar-refractivity contribution is -0.147. The molecular weight excluding hydrogens is 556 g/mol. The maximum atomic E-state index is 12.5. The van der Waals surface area contributed by atoms with Crippen LogP contribution in [-0.2, 0) is 14.3 Å². The van der Waals surface area contributed by atoms with Crippen molar-refractivity contribution < 1.29 is 19.4 Å². The number of hydrogen-bond donors (Lipinski definition) is 1. The van der Waals surface area contributed by atoms with Crippen molar-refractivity contribution in [3.05, 3.63) is 36.5 Å². The first-order valence-electron chi connectivity index (χ1n) is 19.5. The van der Waals surface area contributed by atoms with Crippen molar-refractivity contribution in [2.24, 2.45) is 0 Å². The van der Waals surface area contributed by atoms with Crippen molar-refractivity contribution in [2.75, 3.05) is 0 Å². The first kappa shape index (κ1) is 43.2. The largest absolute Gasteiger partial charge is 0.481 e. The molecule has 0 spiro atoms. The minimum absolute atomic E-state index is 0.0850. The Bertz CT molecular complexity index is 723. The lowest BCUT2D eigenvalue weighted by Crippen LogP contribution is -2.16. The Kier molecular flexibility index (Phi) is 35.1. The van der Waals surface area contributed by atoms with E-state index in [4.69, 9.17) is 9.84 Å². The van der Waals surface area contributed by atoms with Crippen LogP contribution in [-0.4, -0.2) is 23.1 Å². The molecule has 0 radical (unpaired) electrons. The summed E-state index contributed by atoms with van der Waals surface area (Å²) in [7, 11) is 0. The average Bonchev–Trinajstić information content (AvgIpc) is 3.02. The Hall–Kier alpha value is -1.84. The fourth-order valence-electron chi connectivity index (χ4n) is 5.76. The van der Waals surface area contributed by atoms with Crippen molar-refractivity contribution >= 4 is 11.9 Å². The van der Waals surface area contributed by atoms with E-state index < -0.39 is 5.97 Å². The lowest BCUT2D eigenvalue weighted by Gasteiger charge is -2.14. The van der Waals surface area contributed by atoms with Gasteiger partial charge in [-0.05, 0) is 51.0 Å². The molecule has 0 heterocycles. The van der Waals surface area contributed by atoms with Gasteiger partial charge >= 0.3 is 11.9 Å². The molecule has 4 heteroatoms. The molecule has 4 nitrogen and oxygen atoms in total. The maximum absolute atomic E-state index is 12.5. The summed E-state index contributed by atoms with van der Waals surface area (Å²) in [5.74, 6) is -0.814. The number of aliphatic carboxylic acids is 1. The quantitative estimate of drug-likeness (QED) is 0.0430. The van der Waals surface area contributed by atoms with Crippen LogP contribution < -0.4 is 0 Å². The number of hydrogen-bond acceptors (Lipinski definition) is 3. The van der Waals surface area contributed by atoms with Crippen molar-refractivity contribution in [2.45, 2.75) is 213 Å². The molecule has 0 saturated carbocycles. The molecule has 0 saturated heterocycles. The van der Waals surface area contributed by atoms with Gasteiger partial charge in [-0.2, -0.15) is 0 Å². The van der Waals surface area contributed by atoms with E-state index >= 15 is 0 Å².